The van der Waals surface area contributed by atoms with Crippen LogP contribution >= 0.6 is 11.8 Å². The molecule has 2 rings (SSSR count). The zero-order valence-corrected chi connectivity index (χ0v) is 12.8. The molecule has 0 bridgehead atoms. The first-order chi connectivity index (χ1) is 9.29. The molecule has 19 heavy (non-hydrogen) atoms. The third-order valence-electron chi connectivity index (χ3n) is 3.75. The Labute approximate surface area is 121 Å². The van der Waals surface area contributed by atoms with E-state index in [-0.39, 0.29) is 0 Å². The van der Waals surface area contributed by atoms with E-state index < -0.39 is 0 Å². The highest BCUT2D eigenvalue weighted by atomic mass is 32.2. The summed E-state index contributed by atoms with van der Waals surface area (Å²) in [5.74, 6) is 1.19. The Morgan fingerprint density at radius 2 is 2.37 bits per heavy atom. The van der Waals surface area contributed by atoms with Crippen molar-refractivity contribution in [2.24, 2.45) is 0 Å². The maximum absolute atomic E-state index is 5.65. The van der Waals surface area contributed by atoms with Crippen LogP contribution in [0.15, 0.2) is 29.2 Å². The molecule has 1 N–H and O–H groups in total. The molecule has 0 aliphatic carbocycles. The van der Waals surface area contributed by atoms with Crippen LogP contribution in [-0.2, 0) is 4.74 Å². The van der Waals surface area contributed by atoms with Gasteiger partial charge in [-0.1, -0.05) is 12.1 Å². The van der Waals surface area contributed by atoms with Crippen molar-refractivity contribution < 1.29 is 4.74 Å². The molecule has 0 aromatic heterocycles. The minimum absolute atomic E-state index is 0.424. The zero-order chi connectivity index (χ0) is 13.5. The smallest absolute Gasteiger partial charge is 0.0576 e. The van der Waals surface area contributed by atoms with E-state index >= 15 is 0 Å². The molecule has 1 saturated heterocycles. The number of thioether (sulfide) groups is 1. The molecule has 1 fully saturated rings. The lowest BCUT2D eigenvalue weighted by Gasteiger charge is -2.12. The molecule has 1 aliphatic rings. The second kappa shape index (κ2) is 7.93. The SMILES string of the molecule is CNC(C)c1cccc(SCCCC2CCCO2)c1. The molecular formula is C16H25NOS. The quantitative estimate of drug-likeness (QED) is 0.602. The molecule has 3 heteroatoms. The van der Waals surface area contributed by atoms with Gasteiger partial charge in [0.25, 0.3) is 0 Å². The van der Waals surface area contributed by atoms with E-state index in [1.807, 2.05) is 18.8 Å². The molecule has 1 aromatic carbocycles. The Kier molecular flexibility index (Phi) is 6.21. The van der Waals surface area contributed by atoms with Gasteiger partial charge >= 0.3 is 0 Å². The van der Waals surface area contributed by atoms with Gasteiger partial charge in [0, 0.05) is 17.5 Å². The third kappa shape index (κ3) is 4.83. The molecule has 106 valence electrons. The molecule has 2 nitrogen and oxygen atoms in total. The van der Waals surface area contributed by atoms with Gasteiger partial charge in [0.15, 0.2) is 0 Å². The van der Waals surface area contributed by atoms with Gasteiger partial charge in [0.2, 0.25) is 0 Å². The second-order valence-electron chi connectivity index (χ2n) is 5.21. The number of hydrogen-bond donors (Lipinski definition) is 1. The van der Waals surface area contributed by atoms with Gasteiger partial charge in [0.1, 0.15) is 0 Å². The van der Waals surface area contributed by atoms with Crippen molar-refractivity contribution in [1.82, 2.24) is 5.32 Å². The monoisotopic (exact) mass is 279 g/mol. The summed E-state index contributed by atoms with van der Waals surface area (Å²) in [6.07, 6.45) is 5.53. The van der Waals surface area contributed by atoms with Crippen LogP contribution in [0.1, 0.15) is 44.2 Å². The molecular weight excluding hydrogens is 254 g/mol. The summed E-state index contributed by atoms with van der Waals surface area (Å²) in [4.78, 5) is 1.38. The average molecular weight is 279 g/mol. The van der Waals surface area contributed by atoms with E-state index in [2.05, 4.69) is 36.5 Å². The largest absolute Gasteiger partial charge is 0.378 e. The van der Waals surface area contributed by atoms with E-state index in [9.17, 15) is 0 Å². The number of rotatable bonds is 7. The van der Waals surface area contributed by atoms with Crippen LogP contribution in [0.25, 0.3) is 0 Å². The van der Waals surface area contributed by atoms with Crippen molar-refractivity contribution in [1.29, 1.82) is 0 Å². The summed E-state index contributed by atoms with van der Waals surface area (Å²) < 4.78 is 5.65. The lowest BCUT2D eigenvalue weighted by Crippen LogP contribution is -2.12. The normalized spacial score (nSPS) is 20.6. The molecule has 0 amide bonds. The molecule has 1 aliphatic heterocycles. The Morgan fingerprint density at radius 3 is 3.11 bits per heavy atom. The molecule has 1 heterocycles. The zero-order valence-electron chi connectivity index (χ0n) is 12.0. The van der Waals surface area contributed by atoms with Crippen LogP contribution in [0, 0.1) is 0 Å². The Morgan fingerprint density at radius 1 is 1.47 bits per heavy atom. The number of hydrogen-bond acceptors (Lipinski definition) is 3. The topological polar surface area (TPSA) is 21.3 Å². The third-order valence-corrected chi connectivity index (χ3v) is 4.83. The van der Waals surface area contributed by atoms with Crippen molar-refractivity contribution in [3.63, 3.8) is 0 Å². The fourth-order valence-corrected chi connectivity index (χ4v) is 3.35. The fourth-order valence-electron chi connectivity index (χ4n) is 2.41. The predicted octanol–water partition coefficient (Wildman–Crippen LogP) is 4.02. The predicted molar refractivity (Wildman–Crippen MR) is 82.8 cm³/mol. The molecule has 0 saturated carbocycles. The standard InChI is InChI=1S/C16H25NOS/c1-13(17-2)14-6-3-9-16(12-14)19-11-5-8-15-7-4-10-18-15/h3,6,9,12-13,15,17H,4-5,7-8,10-11H2,1-2H3. The first-order valence-corrected chi connectivity index (χ1v) is 8.30. The summed E-state index contributed by atoms with van der Waals surface area (Å²) in [5, 5.41) is 3.29. The summed E-state index contributed by atoms with van der Waals surface area (Å²) in [6, 6.07) is 9.29. The van der Waals surface area contributed by atoms with Crippen LogP contribution in [-0.4, -0.2) is 25.5 Å². The van der Waals surface area contributed by atoms with Gasteiger partial charge in [-0.25, -0.2) is 0 Å². The lowest BCUT2D eigenvalue weighted by atomic mass is 10.1. The van der Waals surface area contributed by atoms with Crippen LogP contribution in [0.2, 0.25) is 0 Å². The highest BCUT2D eigenvalue weighted by Gasteiger charge is 2.14. The van der Waals surface area contributed by atoms with Gasteiger partial charge in [-0.2, -0.15) is 0 Å². The van der Waals surface area contributed by atoms with Gasteiger partial charge in [-0.15, -0.1) is 11.8 Å². The minimum atomic E-state index is 0.424. The molecule has 0 spiro atoms. The van der Waals surface area contributed by atoms with Crippen LogP contribution in [0.4, 0.5) is 0 Å². The number of nitrogens with one attached hydrogen (secondary N) is 1. The first-order valence-electron chi connectivity index (χ1n) is 7.31. The molecule has 2 unspecified atom stereocenters. The van der Waals surface area contributed by atoms with E-state index in [0.29, 0.717) is 12.1 Å². The molecule has 1 aromatic rings. The van der Waals surface area contributed by atoms with E-state index in [1.165, 1.54) is 41.9 Å². The Hall–Kier alpha value is -0.510. The van der Waals surface area contributed by atoms with Crippen molar-refractivity contribution >= 4 is 11.8 Å². The fraction of sp³-hybridized carbons (Fsp3) is 0.625. The van der Waals surface area contributed by atoms with Crippen LogP contribution in [0.3, 0.4) is 0 Å². The summed E-state index contributed by atoms with van der Waals surface area (Å²) in [6.45, 7) is 3.17. The highest BCUT2D eigenvalue weighted by molar-refractivity contribution is 7.99. The van der Waals surface area contributed by atoms with Crippen LogP contribution in [0.5, 0.6) is 0 Å². The van der Waals surface area contributed by atoms with Gasteiger partial charge in [0.05, 0.1) is 6.10 Å². The van der Waals surface area contributed by atoms with E-state index in [0.717, 1.165) is 6.61 Å². The van der Waals surface area contributed by atoms with Crippen LogP contribution < -0.4 is 5.32 Å². The summed E-state index contributed by atoms with van der Waals surface area (Å²) in [5.41, 5.74) is 1.37. The van der Waals surface area contributed by atoms with E-state index in [1.54, 1.807) is 0 Å². The van der Waals surface area contributed by atoms with E-state index in [4.69, 9.17) is 4.74 Å². The lowest BCUT2D eigenvalue weighted by molar-refractivity contribution is 0.104. The maximum Gasteiger partial charge on any atom is 0.0576 e. The summed E-state index contributed by atoms with van der Waals surface area (Å²) >= 11 is 1.96. The molecule has 0 radical (unpaired) electrons. The van der Waals surface area contributed by atoms with Crippen molar-refractivity contribution in [3.8, 4) is 0 Å². The van der Waals surface area contributed by atoms with Gasteiger partial charge < -0.3 is 10.1 Å². The molecule has 2 atom stereocenters. The second-order valence-corrected chi connectivity index (χ2v) is 6.38. The van der Waals surface area contributed by atoms with Crippen molar-refractivity contribution in [2.75, 3.05) is 19.4 Å². The number of benzene rings is 1. The average Bonchev–Trinajstić information content (AvgIpc) is 2.96. The number of ether oxygens (including phenoxy) is 1. The van der Waals surface area contributed by atoms with Gasteiger partial charge in [-0.05, 0) is 63.1 Å². The first kappa shape index (κ1) is 14.9. The Balaban J connectivity index is 1.72. The highest BCUT2D eigenvalue weighted by Crippen LogP contribution is 2.24. The van der Waals surface area contributed by atoms with Crippen molar-refractivity contribution in [2.45, 2.75) is 49.6 Å². The van der Waals surface area contributed by atoms with Crippen molar-refractivity contribution in [3.05, 3.63) is 29.8 Å². The summed E-state index contributed by atoms with van der Waals surface area (Å²) in [7, 11) is 2.01. The van der Waals surface area contributed by atoms with Gasteiger partial charge in [-0.3, -0.25) is 0 Å². The maximum atomic E-state index is 5.65. The Bertz CT molecular complexity index is 377. The minimum Gasteiger partial charge on any atom is -0.378 e.